The maximum atomic E-state index is 13.4. The summed E-state index contributed by atoms with van der Waals surface area (Å²) in [4.78, 5) is 23.7. The van der Waals surface area contributed by atoms with Crippen LogP contribution in [0.5, 0.6) is 0 Å². The van der Waals surface area contributed by atoms with Crippen LogP contribution in [0.3, 0.4) is 0 Å². The van der Waals surface area contributed by atoms with Crippen LogP contribution in [0.4, 0.5) is 28.0 Å². The van der Waals surface area contributed by atoms with Crippen molar-refractivity contribution in [3.8, 4) is 0 Å². The van der Waals surface area contributed by atoms with Crippen molar-refractivity contribution in [2.45, 2.75) is 24.7 Å². The molecule has 0 radical (unpaired) electrons. The number of amides is 2. The van der Waals surface area contributed by atoms with Gasteiger partial charge < -0.3 is 15.5 Å². The van der Waals surface area contributed by atoms with Gasteiger partial charge in [-0.25, -0.2) is 9.18 Å². The number of carboxylic acid groups (broad SMARTS) is 1. The lowest BCUT2D eigenvalue weighted by molar-refractivity contribution is -0.139. The molecule has 2 amide bonds. The van der Waals surface area contributed by atoms with Crippen LogP contribution < -0.4 is 5.32 Å². The highest BCUT2D eigenvalue weighted by Crippen LogP contribution is 2.32. The van der Waals surface area contributed by atoms with Crippen LogP contribution in [0.1, 0.15) is 12.0 Å². The van der Waals surface area contributed by atoms with Crippen molar-refractivity contribution in [1.82, 2.24) is 4.90 Å². The summed E-state index contributed by atoms with van der Waals surface area (Å²) in [5.41, 5.74) is -1.72. The smallest absolute Gasteiger partial charge is 0.419 e. The van der Waals surface area contributed by atoms with E-state index < -0.39 is 41.7 Å². The molecule has 0 aromatic heterocycles. The largest absolute Gasteiger partial charge is 0.465 e. The number of carbonyl (C=O) groups excluding carboxylic acids is 1. The topological polar surface area (TPSA) is 89.9 Å². The number of halogens is 4. The standard InChI is InChI=1S/C13H12F4N2O4/c14-9-3-6(1-2-8(9)13(15,16)17)18-11(21)10-4-7(20)5-19(10)12(22)23/h1-3,7,10,20H,4-5H2,(H,18,21)(H,22,23)/t7-,10-/m0/s1. The molecular formula is C13H12F4N2O4. The van der Waals surface area contributed by atoms with Crippen molar-refractivity contribution in [1.29, 1.82) is 0 Å². The van der Waals surface area contributed by atoms with Gasteiger partial charge in [-0.1, -0.05) is 0 Å². The number of anilines is 1. The summed E-state index contributed by atoms with van der Waals surface area (Å²) in [5, 5.41) is 20.5. The number of alkyl halides is 3. The number of likely N-dealkylation sites (tertiary alicyclic amines) is 1. The second kappa shape index (κ2) is 6.03. The summed E-state index contributed by atoms with van der Waals surface area (Å²) < 4.78 is 50.8. The van der Waals surface area contributed by atoms with Gasteiger partial charge in [0.1, 0.15) is 11.9 Å². The fraction of sp³-hybridized carbons (Fsp3) is 0.385. The van der Waals surface area contributed by atoms with Crippen LogP contribution in [0.15, 0.2) is 18.2 Å². The molecule has 0 bridgehead atoms. The van der Waals surface area contributed by atoms with Crippen LogP contribution in [-0.4, -0.2) is 45.8 Å². The Balaban J connectivity index is 2.14. The zero-order chi connectivity index (χ0) is 17.4. The first-order valence-electron chi connectivity index (χ1n) is 6.45. The van der Waals surface area contributed by atoms with E-state index in [9.17, 15) is 32.3 Å². The fourth-order valence-electron chi connectivity index (χ4n) is 2.32. The summed E-state index contributed by atoms with van der Waals surface area (Å²) in [7, 11) is 0. The summed E-state index contributed by atoms with van der Waals surface area (Å²) in [5.74, 6) is -2.42. The second-order valence-electron chi connectivity index (χ2n) is 5.02. The number of rotatable bonds is 2. The molecule has 3 N–H and O–H groups in total. The van der Waals surface area contributed by atoms with Crippen molar-refractivity contribution in [2.24, 2.45) is 0 Å². The predicted molar refractivity (Wildman–Crippen MR) is 69.2 cm³/mol. The Labute approximate surface area is 127 Å². The van der Waals surface area contributed by atoms with Gasteiger partial charge in [-0.05, 0) is 18.2 Å². The quantitative estimate of drug-likeness (QED) is 0.720. The molecule has 23 heavy (non-hydrogen) atoms. The first-order valence-corrected chi connectivity index (χ1v) is 6.45. The number of β-amino-alcohol motifs (C(OH)–C–C–N with tert-alkyl or cyclic N) is 1. The van der Waals surface area contributed by atoms with Gasteiger partial charge in [0.05, 0.1) is 18.2 Å². The summed E-state index contributed by atoms with van der Waals surface area (Å²) in [6.45, 7) is -0.255. The molecular weight excluding hydrogens is 324 g/mol. The molecule has 6 nitrogen and oxygen atoms in total. The molecule has 10 heteroatoms. The molecule has 0 unspecified atom stereocenters. The minimum atomic E-state index is -4.86. The lowest BCUT2D eigenvalue weighted by Gasteiger charge is -2.20. The average Bonchev–Trinajstić information content (AvgIpc) is 2.79. The van der Waals surface area contributed by atoms with E-state index in [2.05, 4.69) is 5.32 Å². The normalized spacial score (nSPS) is 21.3. The summed E-state index contributed by atoms with van der Waals surface area (Å²) in [6.07, 6.45) is -7.45. The van der Waals surface area contributed by atoms with E-state index in [-0.39, 0.29) is 18.7 Å². The van der Waals surface area contributed by atoms with Crippen molar-refractivity contribution >= 4 is 17.7 Å². The van der Waals surface area contributed by atoms with Gasteiger partial charge in [-0.2, -0.15) is 13.2 Å². The number of carbonyl (C=O) groups is 2. The third-order valence-electron chi connectivity index (χ3n) is 3.37. The zero-order valence-electron chi connectivity index (χ0n) is 11.5. The Hall–Kier alpha value is -2.36. The van der Waals surface area contributed by atoms with Crippen molar-refractivity contribution in [2.75, 3.05) is 11.9 Å². The highest BCUT2D eigenvalue weighted by molar-refractivity contribution is 5.96. The van der Waals surface area contributed by atoms with Crippen LogP contribution in [0.2, 0.25) is 0 Å². The van der Waals surface area contributed by atoms with Crippen LogP contribution >= 0.6 is 0 Å². The van der Waals surface area contributed by atoms with Gasteiger partial charge in [0.2, 0.25) is 5.91 Å². The Bertz CT molecular complexity index is 635. The molecule has 1 fully saturated rings. The van der Waals surface area contributed by atoms with E-state index >= 15 is 0 Å². The maximum absolute atomic E-state index is 13.4. The number of benzene rings is 1. The van der Waals surface area contributed by atoms with E-state index in [4.69, 9.17) is 5.11 Å². The van der Waals surface area contributed by atoms with Gasteiger partial charge in [-0.15, -0.1) is 0 Å². The lowest BCUT2D eigenvalue weighted by Crippen LogP contribution is -2.42. The molecule has 1 saturated heterocycles. The first-order chi connectivity index (χ1) is 10.6. The zero-order valence-corrected chi connectivity index (χ0v) is 11.5. The Morgan fingerprint density at radius 2 is 1.96 bits per heavy atom. The number of hydrogen-bond acceptors (Lipinski definition) is 3. The SMILES string of the molecule is O=C(Nc1ccc(C(F)(F)F)c(F)c1)[C@@H]1C[C@H](O)CN1C(=O)O. The van der Waals surface area contributed by atoms with Gasteiger partial charge in [-0.3, -0.25) is 9.69 Å². The summed E-state index contributed by atoms with van der Waals surface area (Å²) in [6, 6.07) is 0.633. The van der Waals surface area contributed by atoms with Gasteiger partial charge in [0, 0.05) is 12.1 Å². The molecule has 2 atom stereocenters. The first kappa shape index (κ1) is 17.0. The van der Waals surface area contributed by atoms with Gasteiger partial charge in [0.15, 0.2) is 0 Å². The van der Waals surface area contributed by atoms with E-state index in [0.29, 0.717) is 17.0 Å². The van der Waals surface area contributed by atoms with E-state index in [1.54, 1.807) is 0 Å². The van der Waals surface area contributed by atoms with Gasteiger partial charge in [0.25, 0.3) is 0 Å². The minimum Gasteiger partial charge on any atom is -0.465 e. The Kier molecular flexibility index (Phi) is 4.46. The molecule has 1 aliphatic rings. The fourth-order valence-corrected chi connectivity index (χ4v) is 2.32. The molecule has 1 aromatic carbocycles. The third kappa shape index (κ3) is 3.70. The monoisotopic (exact) mass is 336 g/mol. The molecule has 1 heterocycles. The molecule has 0 aliphatic carbocycles. The van der Waals surface area contributed by atoms with Gasteiger partial charge >= 0.3 is 12.3 Å². The number of nitrogens with zero attached hydrogens (tertiary/aromatic N) is 1. The molecule has 126 valence electrons. The van der Waals surface area contributed by atoms with Crippen LogP contribution in [-0.2, 0) is 11.0 Å². The number of aliphatic hydroxyl groups is 1. The van der Waals surface area contributed by atoms with E-state index in [1.807, 2.05) is 0 Å². The second-order valence-corrected chi connectivity index (χ2v) is 5.02. The minimum absolute atomic E-state index is 0.152. The molecule has 0 saturated carbocycles. The third-order valence-corrected chi connectivity index (χ3v) is 3.37. The molecule has 1 aromatic rings. The number of aliphatic hydroxyl groups excluding tert-OH is 1. The Morgan fingerprint density at radius 3 is 2.48 bits per heavy atom. The molecule has 2 rings (SSSR count). The highest BCUT2D eigenvalue weighted by atomic mass is 19.4. The molecule has 0 spiro atoms. The average molecular weight is 336 g/mol. The van der Waals surface area contributed by atoms with Crippen molar-refractivity contribution < 1.29 is 37.4 Å². The molecule has 1 aliphatic heterocycles. The number of hydrogen-bond donors (Lipinski definition) is 3. The maximum Gasteiger partial charge on any atom is 0.419 e. The van der Waals surface area contributed by atoms with E-state index in [0.717, 1.165) is 6.07 Å². The number of nitrogens with one attached hydrogen (secondary N) is 1. The lowest BCUT2D eigenvalue weighted by atomic mass is 10.1. The Morgan fingerprint density at radius 1 is 1.30 bits per heavy atom. The van der Waals surface area contributed by atoms with Crippen molar-refractivity contribution in [3.05, 3.63) is 29.6 Å². The predicted octanol–water partition coefficient (Wildman–Crippen LogP) is 1.90. The van der Waals surface area contributed by atoms with Crippen LogP contribution in [0, 0.1) is 5.82 Å². The highest BCUT2D eigenvalue weighted by Gasteiger charge is 2.39. The summed E-state index contributed by atoms with van der Waals surface area (Å²) >= 11 is 0. The van der Waals surface area contributed by atoms with Crippen molar-refractivity contribution in [3.63, 3.8) is 0 Å². The van der Waals surface area contributed by atoms with Crippen LogP contribution in [0.25, 0.3) is 0 Å². The van der Waals surface area contributed by atoms with E-state index in [1.165, 1.54) is 0 Å².